The van der Waals surface area contributed by atoms with E-state index in [4.69, 9.17) is 16.1 Å². The summed E-state index contributed by atoms with van der Waals surface area (Å²) in [5.74, 6) is 0.496. The maximum absolute atomic E-state index is 6.02. The van der Waals surface area contributed by atoms with Crippen LogP contribution in [-0.4, -0.2) is 23.6 Å². The Labute approximate surface area is 97.7 Å². The summed E-state index contributed by atoms with van der Waals surface area (Å²) in [4.78, 5) is 3.98. The standard InChI is InChI=1S/C11H19BN3O/c1-10(2,14)11(3,4)16-12-8-5-6-9(13)15-7-8/h5-7H,14H2,1-4H3,(H2,13,15). The van der Waals surface area contributed by atoms with Crippen LogP contribution in [0.3, 0.4) is 0 Å². The van der Waals surface area contributed by atoms with Gasteiger partial charge in [0.2, 0.25) is 0 Å². The first-order chi connectivity index (χ1) is 7.22. The summed E-state index contributed by atoms with van der Waals surface area (Å²) < 4.78 is 5.69. The average molecular weight is 220 g/mol. The summed E-state index contributed by atoms with van der Waals surface area (Å²) in [5.41, 5.74) is 11.5. The molecule has 1 radical (unpaired) electrons. The summed E-state index contributed by atoms with van der Waals surface area (Å²) >= 11 is 0. The lowest BCUT2D eigenvalue weighted by Crippen LogP contribution is -2.55. The normalized spacial score (nSPS) is 12.6. The molecule has 0 aliphatic rings. The zero-order chi connectivity index (χ0) is 12.4. The molecule has 0 bridgehead atoms. The summed E-state index contributed by atoms with van der Waals surface area (Å²) in [6.45, 7) is 7.77. The molecule has 16 heavy (non-hydrogen) atoms. The molecule has 0 aliphatic heterocycles. The van der Waals surface area contributed by atoms with Gasteiger partial charge in [0.1, 0.15) is 5.82 Å². The minimum atomic E-state index is -0.450. The number of nitrogens with zero attached hydrogens (tertiary/aromatic N) is 1. The number of hydrogen-bond acceptors (Lipinski definition) is 4. The maximum Gasteiger partial charge on any atom is 0.332 e. The monoisotopic (exact) mass is 220 g/mol. The lowest BCUT2D eigenvalue weighted by molar-refractivity contribution is 0.0462. The van der Waals surface area contributed by atoms with Gasteiger partial charge in [-0.1, -0.05) is 6.07 Å². The Bertz CT molecular complexity index is 343. The third-order valence-electron chi connectivity index (χ3n) is 2.85. The third-order valence-corrected chi connectivity index (χ3v) is 2.85. The number of anilines is 1. The van der Waals surface area contributed by atoms with Gasteiger partial charge in [0.25, 0.3) is 0 Å². The van der Waals surface area contributed by atoms with Crippen molar-refractivity contribution in [1.82, 2.24) is 4.98 Å². The number of nitrogen functional groups attached to an aromatic ring is 1. The number of hydrogen-bond donors (Lipinski definition) is 2. The van der Waals surface area contributed by atoms with Crippen molar-refractivity contribution in [3.63, 3.8) is 0 Å². The van der Waals surface area contributed by atoms with Crippen LogP contribution in [0.2, 0.25) is 0 Å². The fraction of sp³-hybridized carbons (Fsp3) is 0.545. The van der Waals surface area contributed by atoms with E-state index in [1.807, 2.05) is 33.8 Å². The molecule has 4 nitrogen and oxygen atoms in total. The van der Waals surface area contributed by atoms with E-state index in [2.05, 4.69) is 4.98 Å². The summed E-state index contributed by atoms with van der Waals surface area (Å²) in [7, 11) is 1.65. The number of rotatable bonds is 4. The second-order valence-corrected chi connectivity index (χ2v) is 4.98. The van der Waals surface area contributed by atoms with Crippen molar-refractivity contribution in [3.8, 4) is 0 Å². The van der Waals surface area contributed by atoms with E-state index in [1.54, 1.807) is 19.7 Å². The average Bonchev–Trinajstić information content (AvgIpc) is 2.15. The van der Waals surface area contributed by atoms with E-state index in [0.717, 1.165) is 5.46 Å². The van der Waals surface area contributed by atoms with Crippen molar-refractivity contribution in [2.24, 2.45) is 5.73 Å². The molecule has 5 heteroatoms. The first kappa shape index (κ1) is 13.0. The van der Waals surface area contributed by atoms with Crippen LogP contribution in [-0.2, 0) is 4.65 Å². The summed E-state index contributed by atoms with van der Waals surface area (Å²) in [5, 5.41) is 0. The van der Waals surface area contributed by atoms with Crippen LogP contribution in [0.1, 0.15) is 27.7 Å². The lowest BCUT2D eigenvalue weighted by atomic mass is 9.82. The second-order valence-electron chi connectivity index (χ2n) is 4.98. The van der Waals surface area contributed by atoms with Gasteiger partial charge in [-0.2, -0.15) is 0 Å². The van der Waals surface area contributed by atoms with E-state index in [1.165, 1.54) is 0 Å². The number of aromatic nitrogens is 1. The highest BCUT2D eigenvalue weighted by Crippen LogP contribution is 2.21. The summed E-state index contributed by atoms with van der Waals surface area (Å²) in [6.07, 6.45) is 1.66. The predicted octanol–water partition coefficient (Wildman–Crippen LogP) is 0.441. The molecule has 1 aromatic rings. The Morgan fingerprint density at radius 2 is 1.88 bits per heavy atom. The highest BCUT2D eigenvalue weighted by atomic mass is 16.5. The van der Waals surface area contributed by atoms with E-state index < -0.39 is 11.1 Å². The molecule has 0 saturated heterocycles. The molecule has 4 N–H and O–H groups in total. The van der Waals surface area contributed by atoms with Crippen LogP contribution >= 0.6 is 0 Å². The molecule has 1 aromatic heterocycles. The van der Waals surface area contributed by atoms with Gasteiger partial charge in [0.15, 0.2) is 0 Å². The zero-order valence-electron chi connectivity index (χ0n) is 10.3. The van der Waals surface area contributed by atoms with Crippen molar-refractivity contribution in [3.05, 3.63) is 18.3 Å². The number of nitrogens with two attached hydrogens (primary N) is 2. The topological polar surface area (TPSA) is 74.2 Å². The fourth-order valence-corrected chi connectivity index (χ4v) is 0.854. The van der Waals surface area contributed by atoms with Crippen LogP contribution < -0.4 is 16.9 Å². The van der Waals surface area contributed by atoms with Gasteiger partial charge in [-0.3, -0.25) is 0 Å². The van der Waals surface area contributed by atoms with E-state index in [-0.39, 0.29) is 0 Å². The largest absolute Gasteiger partial charge is 0.428 e. The lowest BCUT2D eigenvalue weighted by Gasteiger charge is -2.38. The molecule has 1 heterocycles. The van der Waals surface area contributed by atoms with Crippen molar-refractivity contribution in [2.75, 3.05) is 5.73 Å². The fourth-order valence-electron chi connectivity index (χ4n) is 0.854. The molecule has 0 spiro atoms. The molecule has 0 amide bonds. The molecule has 0 fully saturated rings. The van der Waals surface area contributed by atoms with Crippen molar-refractivity contribution in [1.29, 1.82) is 0 Å². The van der Waals surface area contributed by atoms with Gasteiger partial charge in [-0.25, -0.2) is 4.98 Å². The summed E-state index contributed by atoms with van der Waals surface area (Å²) in [6, 6.07) is 3.58. The molecular formula is C11H19BN3O. The van der Waals surface area contributed by atoms with Crippen molar-refractivity contribution < 1.29 is 4.65 Å². The van der Waals surface area contributed by atoms with Crippen molar-refractivity contribution >= 4 is 18.8 Å². The molecule has 0 aromatic carbocycles. The second kappa shape index (κ2) is 4.43. The van der Waals surface area contributed by atoms with Crippen molar-refractivity contribution in [2.45, 2.75) is 38.8 Å². The van der Waals surface area contributed by atoms with Crippen LogP contribution in [0.4, 0.5) is 5.82 Å². The van der Waals surface area contributed by atoms with E-state index in [9.17, 15) is 0 Å². The number of pyridine rings is 1. The van der Waals surface area contributed by atoms with Gasteiger partial charge >= 0.3 is 7.48 Å². The molecule has 1 rings (SSSR count). The Balaban J connectivity index is 2.61. The van der Waals surface area contributed by atoms with Gasteiger partial charge in [0, 0.05) is 11.7 Å². The van der Waals surface area contributed by atoms with Crippen LogP contribution in [0.5, 0.6) is 0 Å². The quantitative estimate of drug-likeness (QED) is 0.722. The molecule has 0 saturated carbocycles. The highest BCUT2D eigenvalue weighted by molar-refractivity contribution is 6.46. The SMILES string of the molecule is CC(C)(N)C(C)(C)O[B]c1ccc(N)nc1. The maximum atomic E-state index is 6.02. The predicted molar refractivity (Wildman–Crippen MR) is 67.5 cm³/mol. The highest BCUT2D eigenvalue weighted by Gasteiger charge is 2.34. The minimum absolute atomic E-state index is 0.426. The molecule has 0 aliphatic carbocycles. The molecule has 0 atom stereocenters. The van der Waals surface area contributed by atoms with Crippen LogP contribution in [0, 0.1) is 0 Å². The molecular weight excluding hydrogens is 201 g/mol. The minimum Gasteiger partial charge on any atom is -0.428 e. The van der Waals surface area contributed by atoms with Crippen LogP contribution in [0.25, 0.3) is 0 Å². The van der Waals surface area contributed by atoms with E-state index in [0.29, 0.717) is 5.82 Å². The Hall–Kier alpha value is -1.07. The van der Waals surface area contributed by atoms with Gasteiger partial charge in [-0.05, 0) is 39.2 Å². The van der Waals surface area contributed by atoms with Gasteiger partial charge < -0.3 is 16.1 Å². The van der Waals surface area contributed by atoms with E-state index >= 15 is 0 Å². The Kier molecular flexibility index (Phi) is 3.60. The smallest absolute Gasteiger partial charge is 0.332 e. The first-order valence-electron chi connectivity index (χ1n) is 5.24. The first-order valence-corrected chi connectivity index (χ1v) is 5.24. The Morgan fingerprint density at radius 1 is 1.25 bits per heavy atom. The third kappa shape index (κ3) is 3.22. The van der Waals surface area contributed by atoms with Gasteiger partial charge in [0.05, 0.1) is 5.60 Å². The molecule has 87 valence electrons. The van der Waals surface area contributed by atoms with Gasteiger partial charge in [-0.15, -0.1) is 0 Å². The zero-order valence-corrected chi connectivity index (χ0v) is 10.3. The molecule has 0 unspecified atom stereocenters. The van der Waals surface area contributed by atoms with Crippen LogP contribution in [0.15, 0.2) is 18.3 Å². The Morgan fingerprint density at radius 3 is 2.31 bits per heavy atom.